The summed E-state index contributed by atoms with van der Waals surface area (Å²) in [5.74, 6) is 2.18. The predicted molar refractivity (Wildman–Crippen MR) is 86.4 cm³/mol. The summed E-state index contributed by atoms with van der Waals surface area (Å²) in [7, 11) is 0. The van der Waals surface area contributed by atoms with Gasteiger partial charge in [0.25, 0.3) is 0 Å². The Hall–Kier alpha value is -1.85. The molecule has 1 saturated carbocycles. The Kier molecular flexibility index (Phi) is 4.06. The third-order valence-corrected chi connectivity index (χ3v) is 5.26. The van der Waals surface area contributed by atoms with Crippen LogP contribution in [0, 0.1) is 5.92 Å². The van der Waals surface area contributed by atoms with Crippen molar-refractivity contribution >= 4 is 11.7 Å². The maximum atomic E-state index is 12.3. The van der Waals surface area contributed by atoms with Crippen LogP contribution in [0.5, 0.6) is 5.88 Å². The largest absolute Gasteiger partial charge is 0.472 e. The fraction of sp³-hybridized carbons (Fsp3) is 0.706. The molecule has 2 saturated heterocycles. The third-order valence-electron chi connectivity index (χ3n) is 5.26. The number of aromatic nitrogens is 2. The second-order valence-corrected chi connectivity index (χ2v) is 6.85. The molecule has 1 aromatic rings. The van der Waals surface area contributed by atoms with E-state index in [0.717, 1.165) is 44.7 Å². The van der Waals surface area contributed by atoms with Gasteiger partial charge in [-0.1, -0.05) is 6.42 Å². The van der Waals surface area contributed by atoms with Gasteiger partial charge in [0.15, 0.2) is 0 Å². The molecule has 1 unspecified atom stereocenters. The summed E-state index contributed by atoms with van der Waals surface area (Å²) in [5, 5.41) is 0. The minimum atomic E-state index is 0.0559. The normalized spacial score (nSPS) is 24.8. The van der Waals surface area contributed by atoms with E-state index in [-0.39, 0.29) is 12.0 Å². The number of hydrogen-bond acceptors (Lipinski definition) is 5. The molecule has 124 valence electrons. The fourth-order valence-electron chi connectivity index (χ4n) is 3.62. The minimum Gasteiger partial charge on any atom is -0.472 e. The van der Waals surface area contributed by atoms with Crippen molar-refractivity contribution in [1.29, 1.82) is 0 Å². The highest BCUT2D eigenvalue weighted by atomic mass is 16.5. The van der Waals surface area contributed by atoms with Crippen LogP contribution in [0.3, 0.4) is 0 Å². The van der Waals surface area contributed by atoms with Crippen molar-refractivity contribution < 1.29 is 9.53 Å². The van der Waals surface area contributed by atoms with Gasteiger partial charge in [-0.2, -0.15) is 0 Å². The van der Waals surface area contributed by atoms with Gasteiger partial charge in [0, 0.05) is 38.0 Å². The van der Waals surface area contributed by atoms with Crippen LogP contribution in [0.25, 0.3) is 0 Å². The molecule has 0 spiro atoms. The molecule has 23 heavy (non-hydrogen) atoms. The average molecular weight is 316 g/mol. The van der Waals surface area contributed by atoms with Gasteiger partial charge in [-0.3, -0.25) is 4.79 Å². The molecule has 6 nitrogen and oxygen atoms in total. The lowest BCUT2D eigenvalue weighted by Crippen LogP contribution is -2.38. The monoisotopic (exact) mass is 316 g/mol. The van der Waals surface area contributed by atoms with Crippen LogP contribution in [-0.4, -0.2) is 53.1 Å². The summed E-state index contributed by atoms with van der Waals surface area (Å²) in [6.07, 6.45) is 8.29. The fourth-order valence-corrected chi connectivity index (χ4v) is 3.62. The molecule has 4 rings (SSSR count). The second-order valence-electron chi connectivity index (χ2n) is 6.85. The van der Waals surface area contributed by atoms with Crippen molar-refractivity contribution in [2.24, 2.45) is 5.92 Å². The van der Waals surface area contributed by atoms with Gasteiger partial charge in [-0.05, 0) is 25.7 Å². The lowest BCUT2D eigenvalue weighted by molar-refractivity contribution is -0.137. The van der Waals surface area contributed by atoms with E-state index in [1.54, 1.807) is 6.33 Å². The maximum absolute atomic E-state index is 12.3. The van der Waals surface area contributed by atoms with Crippen LogP contribution in [0.1, 0.15) is 38.5 Å². The Labute approximate surface area is 136 Å². The highest BCUT2D eigenvalue weighted by molar-refractivity contribution is 5.79. The van der Waals surface area contributed by atoms with Gasteiger partial charge in [-0.25, -0.2) is 9.97 Å². The van der Waals surface area contributed by atoms with Gasteiger partial charge in [-0.15, -0.1) is 0 Å². The first kappa shape index (κ1) is 14.7. The van der Waals surface area contributed by atoms with Crippen LogP contribution in [0.4, 0.5) is 5.82 Å². The highest BCUT2D eigenvalue weighted by Crippen LogP contribution is 2.30. The van der Waals surface area contributed by atoms with Crippen LogP contribution < -0.4 is 9.64 Å². The lowest BCUT2D eigenvalue weighted by atomic mass is 9.84. The molecule has 3 fully saturated rings. The van der Waals surface area contributed by atoms with Crippen molar-refractivity contribution in [2.75, 3.05) is 31.1 Å². The quantitative estimate of drug-likeness (QED) is 0.848. The van der Waals surface area contributed by atoms with Gasteiger partial charge in [0.2, 0.25) is 11.8 Å². The number of rotatable bonds is 4. The van der Waals surface area contributed by atoms with Gasteiger partial charge >= 0.3 is 0 Å². The minimum absolute atomic E-state index is 0.0559. The summed E-state index contributed by atoms with van der Waals surface area (Å²) in [6.45, 7) is 3.62. The summed E-state index contributed by atoms with van der Waals surface area (Å²) in [6, 6.07) is 1.93. The van der Waals surface area contributed by atoms with Crippen LogP contribution >= 0.6 is 0 Å². The van der Waals surface area contributed by atoms with Gasteiger partial charge in [0.05, 0.1) is 6.54 Å². The number of nitrogens with zero attached hydrogens (tertiary/aromatic N) is 4. The molecule has 6 heteroatoms. The van der Waals surface area contributed by atoms with Crippen molar-refractivity contribution in [3.63, 3.8) is 0 Å². The van der Waals surface area contributed by atoms with E-state index in [9.17, 15) is 4.79 Å². The first-order valence-electron chi connectivity index (χ1n) is 8.82. The van der Waals surface area contributed by atoms with Crippen molar-refractivity contribution in [2.45, 2.75) is 44.6 Å². The Morgan fingerprint density at radius 2 is 1.91 bits per heavy atom. The van der Waals surface area contributed by atoms with E-state index in [4.69, 9.17) is 4.74 Å². The number of likely N-dealkylation sites (tertiary alicyclic amines) is 1. The Balaban J connectivity index is 1.35. The van der Waals surface area contributed by atoms with E-state index >= 15 is 0 Å². The molecule has 0 aromatic carbocycles. The molecule has 0 bridgehead atoms. The van der Waals surface area contributed by atoms with Crippen molar-refractivity contribution in [1.82, 2.24) is 14.9 Å². The lowest BCUT2D eigenvalue weighted by Gasteiger charge is -2.29. The number of hydrogen-bond donors (Lipinski definition) is 0. The molecule has 2 aliphatic heterocycles. The zero-order chi connectivity index (χ0) is 15.6. The van der Waals surface area contributed by atoms with E-state index in [2.05, 4.69) is 14.9 Å². The molecule has 3 aliphatic rings. The zero-order valence-corrected chi connectivity index (χ0v) is 13.5. The molecule has 0 N–H and O–H groups in total. The number of anilines is 1. The number of carbonyl (C=O) groups excluding carboxylic acids is 1. The second kappa shape index (κ2) is 6.34. The number of amides is 1. The summed E-state index contributed by atoms with van der Waals surface area (Å²) < 4.78 is 6.02. The summed E-state index contributed by atoms with van der Waals surface area (Å²) in [5.41, 5.74) is 0. The molecule has 1 aromatic heterocycles. The Morgan fingerprint density at radius 3 is 2.65 bits per heavy atom. The molecular weight excluding hydrogens is 292 g/mol. The van der Waals surface area contributed by atoms with E-state index in [0.29, 0.717) is 18.3 Å². The summed E-state index contributed by atoms with van der Waals surface area (Å²) in [4.78, 5) is 25.1. The Morgan fingerprint density at radius 1 is 1.09 bits per heavy atom. The van der Waals surface area contributed by atoms with E-state index in [1.165, 1.54) is 19.3 Å². The van der Waals surface area contributed by atoms with E-state index < -0.39 is 0 Å². The smallest absolute Gasteiger partial charge is 0.225 e. The standard InChI is InChI=1S/C17H24N4O2/c22-17(13-4-3-5-13)21-9-6-14(11-21)23-16-10-15(18-12-19-16)20-7-1-2-8-20/h10,12-14H,1-9,11H2. The molecule has 0 radical (unpaired) electrons. The maximum Gasteiger partial charge on any atom is 0.225 e. The molecular formula is C17H24N4O2. The van der Waals surface area contributed by atoms with Crippen LogP contribution in [-0.2, 0) is 4.79 Å². The number of carbonyl (C=O) groups is 1. The van der Waals surface area contributed by atoms with Crippen molar-refractivity contribution in [3.8, 4) is 5.88 Å². The molecule has 1 amide bonds. The molecule has 3 heterocycles. The van der Waals surface area contributed by atoms with Crippen LogP contribution in [0.2, 0.25) is 0 Å². The topological polar surface area (TPSA) is 58.6 Å². The summed E-state index contributed by atoms with van der Waals surface area (Å²) >= 11 is 0. The van der Waals surface area contributed by atoms with E-state index in [1.807, 2.05) is 11.0 Å². The average Bonchev–Trinajstić information content (AvgIpc) is 3.17. The van der Waals surface area contributed by atoms with Gasteiger partial charge < -0.3 is 14.5 Å². The molecule has 1 atom stereocenters. The Bertz CT molecular complexity index is 569. The first-order chi connectivity index (χ1) is 11.3. The zero-order valence-electron chi connectivity index (χ0n) is 13.5. The SMILES string of the molecule is O=C(C1CCC1)N1CCC(Oc2cc(N3CCCC3)ncn2)C1. The van der Waals surface area contributed by atoms with Gasteiger partial charge in [0.1, 0.15) is 18.2 Å². The van der Waals surface area contributed by atoms with Crippen molar-refractivity contribution in [3.05, 3.63) is 12.4 Å². The number of ether oxygens (including phenoxy) is 1. The first-order valence-corrected chi connectivity index (χ1v) is 8.82. The highest BCUT2D eigenvalue weighted by Gasteiger charge is 2.34. The van der Waals surface area contributed by atoms with Crippen LogP contribution in [0.15, 0.2) is 12.4 Å². The third kappa shape index (κ3) is 3.12. The molecule has 1 aliphatic carbocycles. The predicted octanol–water partition coefficient (Wildman–Crippen LogP) is 1.86.